The lowest BCUT2D eigenvalue weighted by Crippen LogP contribution is -2.58. The highest BCUT2D eigenvalue weighted by molar-refractivity contribution is 5.25. The van der Waals surface area contributed by atoms with Crippen molar-refractivity contribution < 1.29 is 0 Å². The molecule has 1 aliphatic rings. The monoisotopic (exact) mass is 274 g/mol. The molecular weight excluding hydrogens is 244 g/mol. The zero-order valence-electron chi connectivity index (χ0n) is 13.5. The van der Waals surface area contributed by atoms with E-state index in [0.29, 0.717) is 6.04 Å². The first kappa shape index (κ1) is 15.5. The number of benzene rings is 1. The lowest BCUT2D eigenvalue weighted by atomic mass is 9.88. The second kappa shape index (κ2) is 6.73. The largest absolute Gasteiger partial charge is 0.305 e. The smallest absolute Gasteiger partial charge is 0.0535 e. The van der Waals surface area contributed by atoms with E-state index in [9.17, 15) is 0 Å². The van der Waals surface area contributed by atoms with Crippen LogP contribution >= 0.6 is 0 Å². The average Bonchev–Trinajstić information content (AvgIpc) is 2.45. The van der Waals surface area contributed by atoms with E-state index >= 15 is 0 Å². The van der Waals surface area contributed by atoms with Gasteiger partial charge in [-0.25, -0.2) is 0 Å². The van der Waals surface area contributed by atoms with Gasteiger partial charge >= 0.3 is 0 Å². The van der Waals surface area contributed by atoms with Gasteiger partial charge in [0.15, 0.2) is 0 Å². The van der Waals surface area contributed by atoms with E-state index in [0.717, 1.165) is 19.0 Å². The fourth-order valence-corrected chi connectivity index (χ4v) is 3.15. The summed E-state index contributed by atoms with van der Waals surface area (Å²) in [5, 5.41) is 3.72. The Balaban J connectivity index is 2.01. The molecule has 20 heavy (non-hydrogen) atoms. The van der Waals surface area contributed by atoms with E-state index in [1.807, 2.05) is 0 Å². The summed E-state index contributed by atoms with van der Waals surface area (Å²) in [7, 11) is 0. The number of nitrogens with zero attached hydrogens (tertiary/aromatic N) is 1. The van der Waals surface area contributed by atoms with Crippen molar-refractivity contribution >= 4 is 0 Å². The highest BCUT2D eigenvalue weighted by Gasteiger charge is 2.33. The Hall–Kier alpha value is -0.860. The minimum absolute atomic E-state index is 0.0889. The summed E-state index contributed by atoms with van der Waals surface area (Å²) in [6.07, 6.45) is 2.63. The van der Waals surface area contributed by atoms with Crippen LogP contribution in [0.4, 0.5) is 0 Å². The zero-order valence-corrected chi connectivity index (χ0v) is 13.5. The Morgan fingerprint density at radius 3 is 2.50 bits per heavy atom. The molecule has 2 rings (SSSR count). The van der Waals surface area contributed by atoms with E-state index in [1.54, 1.807) is 0 Å². The van der Waals surface area contributed by atoms with E-state index in [4.69, 9.17) is 0 Å². The lowest BCUT2D eigenvalue weighted by Gasteiger charge is -2.44. The van der Waals surface area contributed by atoms with Gasteiger partial charge in [-0.05, 0) is 38.2 Å². The second-order valence-electron chi connectivity index (χ2n) is 6.92. The third-order valence-corrected chi connectivity index (χ3v) is 4.63. The zero-order chi connectivity index (χ0) is 14.6. The molecule has 1 fully saturated rings. The lowest BCUT2D eigenvalue weighted by molar-refractivity contribution is 0.0996. The third kappa shape index (κ3) is 3.83. The number of nitrogens with one attached hydrogen (secondary N) is 1. The van der Waals surface area contributed by atoms with E-state index in [-0.39, 0.29) is 5.54 Å². The van der Waals surface area contributed by atoms with Crippen LogP contribution in [-0.2, 0) is 5.54 Å². The number of piperazine rings is 1. The van der Waals surface area contributed by atoms with Crippen molar-refractivity contribution in [3.8, 4) is 0 Å². The summed E-state index contributed by atoms with van der Waals surface area (Å²) in [6.45, 7) is 12.7. The molecule has 2 unspecified atom stereocenters. The number of hydrogen-bond donors (Lipinski definition) is 1. The van der Waals surface area contributed by atoms with Crippen LogP contribution in [-0.4, -0.2) is 30.6 Å². The normalized spacial score (nSPS) is 25.9. The molecule has 0 bridgehead atoms. The summed E-state index contributed by atoms with van der Waals surface area (Å²) in [4.78, 5) is 2.66. The Morgan fingerprint density at radius 2 is 1.85 bits per heavy atom. The van der Waals surface area contributed by atoms with Crippen LogP contribution in [0.1, 0.15) is 46.1 Å². The molecule has 2 atom stereocenters. The van der Waals surface area contributed by atoms with Crippen molar-refractivity contribution in [1.82, 2.24) is 10.2 Å². The standard InChI is InChI=1S/C18H30N2/c1-15(2)10-11-16(3)20-13-12-19-18(4,14-20)17-8-6-5-7-9-17/h5-9,15-16,19H,10-14H2,1-4H3. The van der Waals surface area contributed by atoms with Crippen molar-refractivity contribution in [1.29, 1.82) is 0 Å². The van der Waals surface area contributed by atoms with Crippen LogP contribution in [0.5, 0.6) is 0 Å². The Labute approximate surface area is 124 Å². The molecule has 0 spiro atoms. The topological polar surface area (TPSA) is 15.3 Å². The first-order valence-electron chi connectivity index (χ1n) is 8.06. The van der Waals surface area contributed by atoms with Gasteiger partial charge in [0.05, 0.1) is 5.54 Å². The molecule has 0 radical (unpaired) electrons. The number of rotatable bonds is 5. The fourth-order valence-electron chi connectivity index (χ4n) is 3.15. The second-order valence-corrected chi connectivity index (χ2v) is 6.92. The van der Waals surface area contributed by atoms with Crippen molar-refractivity contribution in [2.45, 2.75) is 52.1 Å². The molecule has 2 nitrogen and oxygen atoms in total. The van der Waals surface area contributed by atoms with Crippen LogP contribution in [0.25, 0.3) is 0 Å². The fraction of sp³-hybridized carbons (Fsp3) is 0.667. The maximum Gasteiger partial charge on any atom is 0.0535 e. The minimum atomic E-state index is 0.0889. The van der Waals surface area contributed by atoms with E-state index < -0.39 is 0 Å². The molecule has 0 amide bonds. The van der Waals surface area contributed by atoms with Crippen LogP contribution in [0.2, 0.25) is 0 Å². The molecule has 1 aliphatic heterocycles. The molecule has 112 valence electrons. The van der Waals surface area contributed by atoms with Gasteiger partial charge in [0.1, 0.15) is 0 Å². The Kier molecular flexibility index (Phi) is 5.22. The van der Waals surface area contributed by atoms with Crippen LogP contribution in [0.15, 0.2) is 30.3 Å². The molecule has 1 N–H and O–H groups in total. The van der Waals surface area contributed by atoms with Crippen LogP contribution < -0.4 is 5.32 Å². The summed E-state index contributed by atoms with van der Waals surface area (Å²) < 4.78 is 0. The van der Waals surface area contributed by atoms with Gasteiger partial charge in [0.25, 0.3) is 0 Å². The summed E-state index contributed by atoms with van der Waals surface area (Å²) >= 11 is 0. The molecule has 1 aromatic rings. The first-order valence-corrected chi connectivity index (χ1v) is 8.06. The maximum atomic E-state index is 3.72. The molecule has 0 aromatic heterocycles. The van der Waals surface area contributed by atoms with Gasteiger partial charge in [0.2, 0.25) is 0 Å². The van der Waals surface area contributed by atoms with Gasteiger partial charge in [-0.1, -0.05) is 44.2 Å². The summed E-state index contributed by atoms with van der Waals surface area (Å²) in [5.74, 6) is 0.806. The van der Waals surface area contributed by atoms with Gasteiger partial charge < -0.3 is 5.32 Å². The third-order valence-electron chi connectivity index (χ3n) is 4.63. The first-order chi connectivity index (χ1) is 9.51. The van der Waals surface area contributed by atoms with Crippen molar-refractivity contribution in [3.05, 3.63) is 35.9 Å². The van der Waals surface area contributed by atoms with Crippen LogP contribution in [0.3, 0.4) is 0 Å². The van der Waals surface area contributed by atoms with Gasteiger partial charge in [0, 0.05) is 25.7 Å². The van der Waals surface area contributed by atoms with Crippen molar-refractivity contribution in [2.24, 2.45) is 5.92 Å². The molecule has 2 heteroatoms. The predicted octanol–water partition coefficient (Wildman–Crippen LogP) is 3.63. The summed E-state index contributed by atoms with van der Waals surface area (Å²) in [6, 6.07) is 11.6. The van der Waals surface area contributed by atoms with Gasteiger partial charge in [-0.15, -0.1) is 0 Å². The summed E-state index contributed by atoms with van der Waals surface area (Å²) in [5.41, 5.74) is 1.49. The highest BCUT2D eigenvalue weighted by Crippen LogP contribution is 2.26. The average molecular weight is 274 g/mol. The molecule has 0 aliphatic carbocycles. The number of hydrogen-bond acceptors (Lipinski definition) is 2. The molecule has 1 heterocycles. The van der Waals surface area contributed by atoms with Crippen LogP contribution in [0, 0.1) is 5.92 Å². The Morgan fingerprint density at radius 1 is 1.15 bits per heavy atom. The van der Waals surface area contributed by atoms with Gasteiger partial charge in [-0.2, -0.15) is 0 Å². The van der Waals surface area contributed by atoms with E-state index in [2.05, 4.69) is 68.2 Å². The Bertz CT molecular complexity index is 401. The molecule has 1 aromatic carbocycles. The molecule has 0 saturated carbocycles. The quantitative estimate of drug-likeness (QED) is 0.882. The molecular formula is C18H30N2. The highest BCUT2D eigenvalue weighted by atomic mass is 15.2. The SMILES string of the molecule is CC(C)CCC(C)N1CCNC(C)(c2ccccc2)C1. The molecule has 1 saturated heterocycles. The van der Waals surface area contributed by atoms with Crippen molar-refractivity contribution in [2.75, 3.05) is 19.6 Å². The van der Waals surface area contributed by atoms with Crippen molar-refractivity contribution in [3.63, 3.8) is 0 Å². The van der Waals surface area contributed by atoms with E-state index in [1.165, 1.54) is 24.9 Å². The maximum absolute atomic E-state index is 3.72. The van der Waals surface area contributed by atoms with Gasteiger partial charge in [-0.3, -0.25) is 4.90 Å². The minimum Gasteiger partial charge on any atom is -0.305 e. The predicted molar refractivity (Wildman–Crippen MR) is 86.9 cm³/mol.